The third kappa shape index (κ3) is 3.93. The van der Waals surface area contributed by atoms with Gasteiger partial charge in [0.2, 0.25) is 5.91 Å². The lowest BCUT2D eigenvalue weighted by atomic mass is 9.99. The minimum Gasteiger partial charge on any atom is -0.371 e. The molecule has 1 fully saturated rings. The van der Waals surface area contributed by atoms with Gasteiger partial charge >= 0.3 is 0 Å². The SMILES string of the molecule is CC1CCN(c2cccc(NC(=O)Cn3ccc(=O)c4ccccc43)c2)CC1. The Balaban J connectivity index is 1.48. The minimum atomic E-state index is -0.113. The number of anilines is 2. The number of carbonyl (C=O) groups is 1. The number of para-hydroxylation sites is 1. The predicted octanol–water partition coefficient (Wildman–Crippen LogP) is 3.88. The summed E-state index contributed by atoms with van der Waals surface area (Å²) in [5, 5.41) is 3.62. The summed E-state index contributed by atoms with van der Waals surface area (Å²) in [5.74, 6) is 0.671. The van der Waals surface area contributed by atoms with Gasteiger partial charge in [0.1, 0.15) is 6.54 Å². The summed E-state index contributed by atoms with van der Waals surface area (Å²) in [5.41, 5.74) is 2.68. The number of hydrogen-bond donors (Lipinski definition) is 1. The van der Waals surface area contributed by atoms with Crippen LogP contribution in [0, 0.1) is 5.92 Å². The Morgan fingerprint density at radius 1 is 1.07 bits per heavy atom. The number of rotatable bonds is 4. The molecule has 1 saturated heterocycles. The molecule has 5 nitrogen and oxygen atoms in total. The second-order valence-electron chi connectivity index (χ2n) is 7.59. The molecule has 1 N–H and O–H groups in total. The summed E-state index contributed by atoms with van der Waals surface area (Å²) in [4.78, 5) is 27.0. The van der Waals surface area contributed by atoms with Crippen LogP contribution < -0.4 is 15.6 Å². The number of fused-ring (bicyclic) bond motifs is 1. The molecule has 0 saturated carbocycles. The van der Waals surface area contributed by atoms with Gasteiger partial charge in [-0.25, -0.2) is 0 Å². The molecule has 1 amide bonds. The lowest BCUT2D eigenvalue weighted by molar-refractivity contribution is -0.116. The number of pyridine rings is 1. The van der Waals surface area contributed by atoms with E-state index in [4.69, 9.17) is 0 Å². The zero-order chi connectivity index (χ0) is 19.5. The number of nitrogens with one attached hydrogen (secondary N) is 1. The van der Waals surface area contributed by atoms with Gasteiger partial charge in [-0.1, -0.05) is 25.1 Å². The fraction of sp³-hybridized carbons (Fsp3) is 0.304. The number of amides is 1. The highest BCUT2D eigenvalue weighted by atomic mass is 16.2. The molecule has 0 bridgehead atoms. The fourth-order valence-electron chi connectivity index (χ4n) is 3.80. The van der Waals surface area contributed by atoms with Crippen LogP contribution in [0.2, 0.25) is 0 Å². The molecular formula is C23H25N3O2. The molecule has 1 aliphatic heterocycles. The maximum atomic E-state index is 12.6. The maximum absolute atomic E-state index is 12.6. The minimum absolute atomic E-state index is 0.0317. The van der Waals surface area contributed by atoms with Gasteiger partial charge < -0.3 is 14.8 Å². The first-order chi connectivity index (χ1) is 13.6. The Morgan fingerprint density at radius 3 is 2.68 bits per heavy atom. The summed E-state index contributed by atoms with van der Waals surface area (Å²) in [6.07, 6.45) is 4.08. The van der Waals surface area contributed by atoms with E-state index in [1.54, 1.807) is 12.3 Å². The van der Waals surface area contributed by atoms with Crippen molar-refractivity contribution in [2.24, 2.45) is 5.92 Å². The highest BCUT2D eigenvalue weighted by Crippen LogP contribution is 2.25. The van der Waals surface area contributed by atoms with Crippen molar-refractivity contribution in [1.82, 2.24) is 4.57 Å². The van der Waals surface area contributed by atoms with Crippen LogP contribution in [0.15, 0.2) is 65.6 Å². The third-order valence-electron chi connectivity index (χ3n) is 5.48. The number of carbonyl (C=O) groups excluding carboxylic acids is 1. The van der Waals surface area contributed by atoms with Crippen LogP contribution in [-0.2, 0) is 11.3 Å². The first-order valence-electron chi connectivity index (χ1n) is 9.83. The summed E-state index contributed by atoms with van der Waals surface area (Å²) in [6, 6.07) is 16.9. The Kier molecular flexibility index (Phi) is 5.15. The van der Waals surface area contributed by atoms with E-state index in [1.165, 1.54) is 18.9 Å². The van der Waals surface area contributed by atoms with Crippen molar-refractivity contribution >= 4 is 28.2 Å². The number of nitrogens with zero attached hydrogens (tertiary/aromatic N) is 2. The molecule has 0 radical (unpaired) electrons. The number of hydrogen-bond acceptors (Lipinski definition) is 3. The Hall–Kier alpha value is -3.08. The molecule has 0 unspecified atom stereocenters. The van der Waals surface area contributed by atoms with Crippen molar-refractivity contribution in [3.05, 3.63) is 71.0 Å². The molecule has 2 heterocycles. The summed E-state index contributed by atoms with van der Waals surface area (Å²) in [7, 11) is 0. The van der Waals surface area contributed by atoms with Gasteiger partial charge in [-0.15, -0.1) is 0 Å². The average molecular weight is 375 g/mol. The van der Waals surface area contributed by atoms with Crippen LogP contribution in [0.3, 0.4) is 0 Å². The fourth-order valence-corrected chi connectivity index (χ4v) is 3.80. The smallest absolute Gasteiger partial charge is 0.244 e. The number of aromatic nitrogens is 1. The molecule has 5 heteroatoms. The second kappa shape index (κ2) is 7.89. The zero-order valence-corrected chi connectivity index (χ0v) is 16.1. The summed E-state index contributed by atoms with van der Waals surface area (Å²) in [6.45, 7) is 4.57. The van der Waals surface area contributed by atoms with Gasteiger partial charge in [-0.3, -0.25) is 9.59 Å². The van der Waals surface area contributed by atoms with Crippen LogP contribution in [0.5, 0.6) is 0 Å². The van der Waals surface area contributed by atoms with Crippen LogP contribution in [0.25, 0.3) is 10.9 Å². The van der Waals surface area contributed by atoms with Gasteiger partial charge in [-0.2, -0.15) is 0 Å². The van der Waals surface area contributed by atoms with E-state index in [9.17, 15) is 9.59 Å². The second-order valence-corrected chi connectivity index (χ2v) is 7.59. The van der Waals surface area contributed by atoms with Gasteiger partial charge in [0.05, 0.1) is 5.52 Å². The molecule has 4 rings (SSSR count). The van der Waals surface area contributed by atoms with Crippen molar-refractivity contribution in [3.63, 3.8) is 0 Å². The quantitative estimate of drug-likeness (QED) is 0.753. The van der Waals surface area contributed by atoms with Crippen LogP contribution in [-0.4, -0.2) is 23.6 Å². The summed E-state index contributed by atoms with van der Waals surface area (Å²) < 4.78 is 1.81. The van der Waals surface area contributed by atoms with E-state index < -0.39 is 0 Å². The monoisotopic (exact) mass is 375 g/mol. The standard InChI is InChI=1S/C23H25N3O2/c1-17-9-12-25(13-10-17)19-6-4-5-18(15-19)24-23(28)16-26-14-11-22(27)20-7-2-3-8-21(20)26/h2-8,11,14-15,17H,9-10,12-13,16H2,1H3,(H,24,28). The molecule has 28 heavy (non-hydrogen) atoms. The molecule has 1 aromatic heterocycles. The molecule has 0 aliphatic carbocycles. The first kappa shape index (κ1) is 18.3. The highest BCUT2D eigenvalue weighted by molar-refractivity contribution is 5.92. The van der Waals surface area contributed by atoms with E-state index in [0.717, 1.165) is 35.9 Å². The number of piperidine rings is 1. The highest BCUT2D eigenvalue weighted by Gasteiger charge is 2.16. The average Bonchev–Trinajstić information content (AvgIpc) is 2.71. The molecular weight excluding hydrogens is 350 g/mol. The molecule has 144 valence electrons. The van der Waals surface area contributed by atoms with Gasteiger partial charge in [-0.05, 0) is 49.1 Å². The van der Waals surface area contributed by atoms with E-state index in [0.29, 0.717) is 5.39 Å². The Bertz CT molecular complexity index is 1050. The zero-order valence-electron chi connectivity index (χ0n) is 16.1. The van der Waals surface area contributed by atoms with Crippen molar-refractivity contribution < 1.29 is 4.79 Å². The lowest BCUT2D eigenvalue weighted by Gasteiger charge is -2.32. The van der Waals surface area contributed by atoms with Gasteiger partial charge in [0.25, 0.3) is 0 Å². The van der Waals surface area contributed by atoms with Crippen molar-refractivity contribution in [2.45, 2.75) is 26.3 Å². The first-order valence-corrected chi connectivity index (χ1v) is 9.83. The molecule has 1 aliphatic rings. The summed E-state index contributed by atoms with van der Waals surface area (Å²) >= 11 is 0. The van der Waals surface area contributed by atoms with Crippen LogP contribution in [0.4, 0.5) is 11.4 Å². The van der Waals surface area contributed by atoms with Crippen molar-refractivity contribution in [1.29, 1.82) is 0 Å². The molecule has 3 aromatic rings. The van der Waals surface area contributed by atoms with Crippen LogP contribution in [0.1, 0.15) is 19.8 Å². The molecule has 2 aromatic carbocycles. The van der Waals surface area contributed by atoms with Crippen molar-refractivity contribution in [3.8, 4) is 0 Å². The van der Waals surface area contributed by atoms with E-state index >= 15 is 0 Å². The molecule has 0 atom stereocenters. The van der Waals surface area contributed by atoms with Crippen LogP contribution >= 0.6 is 0 Å². The van der Waals surface area contributed by atoms with E-state index in [1.807, 2.05) is 41.0 Å². The maximum Gasteiger partial charge on any atom is 0.244 e. The Morgan fingerprint density at radius 2 is 1.86 bits per heavy atom. The topological polar surface area (TPSA) is 54.3 Å². The van der Waals surface area contributed by atoms with Gasteiger partial charge in [0, 0.05) is 42.1 Å². The Labute approximate surface area is 164 Å². The van der Waals surface area contributed by atoms with E-state index in [-0.39, 0.29) is 17.9 Å². The van der Waals surface area contributed by atoms with E-state index in [2.05, 4.69) is 23.2 Å². The normalized spacial score (nSPS) is 15.0. The van der Waals surface area contributed by atoms with Crippen molar-refractivity contribution in [2.75, 3.05) is 23.3 Å². The molecule has 0 spiro atoms. The van der Waals surface area contributed by atoms with Gasteiger partial charge in [0.15, 0.2) is 5.43 Å². The third-order valence-corrected chi connectivity index (χ3v) is 5.48. The largest absolute Gasteiger partial charge is 0.371 e. The predicted molar refractivity (Wildman–Crippen MR) is 114 cm³/mol. The lowest BCUT2D eigenvalue weighted by Crippen LogP contribution is -2.32. The number of benzene rings is 2.